The Labute approximate surface area is 252 Å². The SMILES string of the molecule is CCC(NC(=O)C1N(C(=O)[C@@H](NC(=O)Nc2ccccc2)C(C)(C)C)CC12Cc1ccccc1C2)C(=O)C(=O)NC1CC1. The van der Waals surface area contributed by atoms with Crippen molar-refractivity contribution < 1.29 is 24.0 Å². The summed E-state index contributed by atoms with van der Waals surface area (Å²) >= 11 is 0. The van der Waals surface area contributed by atoms with Crippen LogP contribution in [0.5, 0.6) is 0 Å². The lowest BCUT2D eigenvalue weighted by molar-refractivity contribution is -0.168. The van der Waals surface area contributed by atoms with Gasteiger partial charge in [-0.15, -0.1) is 0 Å². The molecule has 0 radical (unpaired) electrons. The molecule has 1 spiro atoms. The summed E-state index contributed by atoms with van der Waals surface area (Å²) in [6.07, 6.45) is 3.15. The minimum absolute atomic E-state index is 0.0191. The molecule has 5 rings (SSSR count). The monoisotopic (exact) mass is 587 g/mol. The molecule has 5 amide bonds. The van der Waals surface area contributed by atoms with E-state index in [1.54, 1.807) is 31.2 Å². The fraction of sp³-hybridized carbons (Fsp3) is 0.485. The maximum absolute atomic E-state index is 14.2. The third kappa shape index (κ3) is 6.43. The van der Waals surface area contributed by atoms with Crippen molar-refractivity contribution in [3.8, 4) is 0 Å². The van der Waals surface area contributed by atoms with Gasteiger partial charge in [-0.3, -0.25) is 19.2 Å². The number of fused-ring (bicyclic) bond motifs is 1. The minimum atomic E-state index is -1.00. The lowest BCUT2D eigenvalue weighted by Gasteiger charge is -2.56. The van der Waals surface area contributed by atoms with Crippen LogP contribution in [0, 0.1) is 10.8 Å². The van der Waals surface area contributed by atoms with Gasteiger partial charge in [0.1, 0.15) is 12.1 Å². The first kappa shape index (κ1) is 30.3. The van der Waals surface area contributed by atoms with Gasteiger partial charge in [0.05, 0.1) is 6.04 Å². The van der Waals surface area contributed by atoms with Crippen LogP contribution < -0.4 is 21.3 Å². The Balaban J connectivity index is 1.37. The van der Waals surface area contributed by atoms with Gasteiger partial charge < -0.3 is 26.2 Å². The largest absolute Gasteiger partial charge is 0.347 e. The van der Waals surface area contributed by atoms with Gasteiger partial charge in [-0.1, -0.05) is 70.2 Å². The number of urea groups is 1. The van der Waals surface area contributed by atoms with E-state index in [9.17, 15) is 24.0 Å². The van der Waals surface area contributed by atoms with E-state index in [1.807, 2.05) is 51.1 Å². The number of amides is 5. The molecule has 1 heterocycles. The van der Waals surface area contributed by atoms with Crippen LogP contribution in [-0.2, 0) is 32.0 Å². The molecule has 3 atom stereocenters. The summed E-state index contributed by atoms with van der Waals surface area (Å²) in [7, 11) is 0. The summed E-state index contributed by atoms with van der Waals surface area (Å²) in [6, 6.07) is 13.6. The molecule has 0 aromatic heterocycles. The average Bonchev–Trinajstić information content (AvgIpc) is 3.68. The first-order valence-electron chi connectivity index (χ1n) is 15.1. The number of benzene rings is 2. The van der Waals surface area contributed by atoms with E-state index in [0.29, 0.717) is 25.1 Å². The van der Waals surface area contributed by atoms with E-state index < -0.39 is 52.6 Å². The normalized spacial score (nSPS) is 19.8. The standard InChI is InChI=1S/C33H41N5O5/c1-5-24(25(39)28(40)34-23-15-16-23)36-29(41)27-33(17-20-11-9-10-12-21(20)18-33)19-38(27)30(42)26(32(2,3)4)37-31(43)35-22-13-7-6-8-14-22/h6-14,23-24,26-27H,5,15-19H2,1-4H3,(H,34,40)(H,36,41)(H2,35,37,43)/t24?,26-,27?/m1/s1. The van der Waals surface area contributed by atoms with Crippen molar-refractivity contribution in [3.05, 3.63) is 65.7 Å². The Bertz CT molecular complexity index is 1390. The zero-order chi connectivity index (χ0) is 30.9. The average molecular weight is 588 g/mol. The van der Waals surface area contributed by atoms with Crippen molar-refractivity contribution in [1.82, 2.24) is 20.9 Å². The van der Waals surface area contributed by atoms with Crippen LogP contribution in [0.3, 0.4) is 0 Å². The number of anilines is 1. The van der Waals surface area contributed by atoms with Crippen LogP contribution in [0.4, 0.5) is 10.5 Å². The predicted octanol–water partition coefficient (Wildman–Crippen LogP) is 2.96. The highest BCUT2D eigenvalue weighted by molar-refractivity contribution is 6.38. The Hall–Kier alpha value is -4.21. The van der Waals surface area contributed by atoms with Gasteiger partial charge in [0.25, 0.3) is 5.91 Å². The van der Waals surface area contributed by atoms with Gasteiger partial charge in [0.15, 0.2) is 0 Å². The van der Waals surface area contributed by atoms with Gasteiger partial charge in [-0.05, 0) is 60.8 Å². The topological polar surface area (TPSA) is 137 Å². The van der Waals surface area contributed by atoms with E-state index in [1.165, 1.54) is 4.90 Å². The molecule has 1 saturated carbocycles. The fourth-order valence-electron chi connectivity index (χ4n) is 6.27. The molecule has 43 heavy (non-hydrogen) atoms. The van der Waals surface area contributed by atoms with Gasteiger partial charge >= 0.3 is 6.03 Å². The van der Waals surface area contributed by atoms with Gasteiger partial charge in [0, 0.05) is 23.7 Å². The van der Waals surface area contributed by atoms with Crippen LogP contribution >= 0.6 is 0 Å². The van der Waals surface area contributed by atoms with E-state index >= 15 is 0 Å². The number of hydrogen-bond donors (Lipinski definition) is 4. The molecular formula is C33H41N5O5. The maximum atomic E-state index is 14.2. The maximum Gasteiger partial charge on any atom is 0.319 e. The van der Waals surface area contributed by atoms with Crippen LogP contribution in [0.25, 0.3) is 0 Å². The highest BCUT2D eigenvalue weighted by Gasteiger charge is 2.61. The molecular weight excluding hydrogens is 546 g/mol. The number of carbonyl (C=O) groups is 5. The van der Waals surface area contributed by atoms with E-state index in [0.717, 1.165) is 24.0 Å². The molecule has 2 aromatic carbocycles. The second-order valence-corrected chi connectivity index (χ2v) is 13.2. The quantitative estimate of drug-likeness (QED) is 0.335. The van der Waals surface area contributed by atoms with Gasteiger partial charge in [-0.25, -0.2) is 4.79 Å². The minimum Gasteiger partial charge on any atom is -0.347 e. The lowest BCUT2D eigenvalue weighted by Crippen LogP contribution is -2.75. The molecule has 0 bridgehead atoms. The number of likely N-dealkylation sites (tertiary alicyclic amines) is 1. The first-order valence-corrected chi connectivity index (χ1v) is 15.1. The summed E-state index contributed by atoms with van der Waals surface area (Å²) in [5.41, 5.74) is 1.63. The predicted molar refractivity (Wildman–Crippen MR) is 162 cm³/mol. The highest BCUT2D eigenvalue weighted by Crippen LogP contribution is 2.49. The van der Waals surface area contributed by atoms with Crippen molar-refractivity contribution in [1.29, 1.82) is 0 Å². The van der Waals surface area contributed by atoms with Crippen LogP contribution in [-0.4, -0.2) is 65.1 Å². The number of nitrogens with one attached hydrogen (secondary N) is 4. The van der Waals surface area contributed by atoms with Crippen LogP contribution in [0.15, 0.2) is 54.6 Å². The fourth-order valence-corrected chi connectivity index (χ4v) is 6.27. The second-order valence-electron chi connectivity index (χ2n) is 13.2. The number of carbonyl (C=O) groups excluding carboxylic acids is 5. The first-order chi connectivity index (χ1) is 20.4. The van der Waals surface area contributed by atoms with E-state index in [4.69, 9.17) is 0 Å². The summed E-state index contributed by atoms with van der Waals surface area (Å²) < 4.78 is 0. The van der Waals surface area contributed by atoms with Gasteiger partial charge in [-0.2, -0.15) is 0 Å². The summed E-state index contributed by atoms with van der Waals surface area (Å²) in [4.78, 5) is 68.2. The van der Waals surface area contributed by atoms with Crippen molar-refractivity contribution in [2.24, 2.45) is 10.8 Å². The Morgan fingerprint density at radius 3 is 2.07 bits per heavy atom. The van der Waals surface area contributed by atoms with E-state index in [2.05, 4.69) is 21.3 Å². The molecule has 2 fully saturated rings. The van der Waals surface area contributed by atoms with Crippen molar-refractivity contribution in [2.45, 2.75) is 84.0 Å². The smallest absolute Gasteiger partial charge is 0.319 e. The third-order valence-corrected chi connectivity index (χ3v) is 8.71. The number of nitrogens with zero attached hydrogens (tertiary/aromatic N) is 1. The molecule has 2 aliphatic carbocycles. The van der Waals surface area contributed by atoms with Gasteiger partial charge in [0.2, 0.25) is 17.6 Å². The van der Waals surface area contributed by atoms with E-state index in [-0.39, 0.29) is 18.4 Å². The number of rotatable bonds is 9. The molecule has 2 aromatic rings. The zero-order valence-corrected chi connectivity index (χ0v) is 25.2. The third-order valence-electron chi connectivity index (χ3n) is 8.71. The molecule has 228 valence electrons. The Morgan fingerprint density at radius 1 is 0.907 bits per heavy atom. The Morgan fingerprint density at radius 2 is 1.51 bits per heavy atom. The van der Waals surface area contributed by atoms with Crippen molar-refractivity contribution in [2.75, 3.05) is 11.9 Å². The number of hydrogen-bond acceptors (Lipinski definition) is 5. The van der Waals surface area contributed by atoms with Crippen molar-refractivity contribution >= 4 is 35.2 Å². The molecule has 4 N–H and O–H groups in total. The Kier molecular flexibility index (Phi) is 8.31. The number of Topliss-reactive ketones (excluding diaryl/α,β-unsaturated/α-hetero) is 1. The molecule has 10 heteroatoms. The zero-order valence-electron chi connectivity index (χ0n) is 25.2. The molecule has 1 aliphatic heterocycles. The van der Waals surface area contributed by atoms with Crippen LogP contribution in [0.1, 0.15) is 58.1 Å². The summed E-state index contributed by atoms with van der Waals surface area (Å²) in [5.74, 6) is -2.22. The number of ketones is 1. The number of para-hydroxylation sites is 1. The molecule has 10 nitrogen and oxygen atoms in total. The molecule has 2 unspecified atom stereocenters. The second kappa shape index (κ2) is 11.8. The summed E-state index contributed by atoms with van der Waals surface area (Å²) in [5, 5.41) is 11.1. The molecule has 1 saturated heterocycles. The van der Waals surface area contributed by atoms with Crippen molar-refractivity contribution in [3.63, 3.8) is 0 Å². The molecule has 3 aliphatic rings. The summed E-state index contributed by atoms with van der Waals surface area (Å²) in [6.45, 7) is 7.65. The van der Waals surface area contributed by atoms with Crippen LogP contribution in [0.2, 0.25) is 0 Å². The highest BCUT2D eigenvalue weighted by atomic mass is 16.2. The lowest BCUT2D eigenvalue weighted by atomic mass is 9.67.